The molecule has 2 heteroatoms. The summed E-state index contributed by atoms with van der Waals surface area (Å²) < 4.78 is 0. The molecule has 28 heavy (non-hydrogen) atoms. The Morgan fingerprint density at radius 3 is 1.36 bits per heavy atom. The third-order valence-electron chi connectivity index (χ3n) is 5.00. The zero-order valence-electron chi connectivity index (χ0n) is 16.0. The number of nitrogens with two attached hydrogens (primary N) is 2. The predicted octanol–water partition coefficient (Wildman–Crippen LogP) is 6.08. The molecule has 0 saturated heterocycles. The van der Waals surface area contributed by atoms with E-state index in [2.05, 4.69) is 79.7 Å². The first kappa shape index (κ1) is 17.9. The summed E-state index contributed by atoms with van der Waals surface area (Å²) in [6.07, 6.45) is 0.821. The highest BCUT2D eigenvalue weighted by atomic mass is 14.6. The van der Waals surface area contributed by atoms with Gasteiger partial charge in [-0.25, -0.2) is 0 Å². The lowest BCUT2D eigenvalue weighted by molar-refractivity contribution is 1.20. The molecule has 0 radical (unpaired) electrons. The molecule has 2 nitrogen and oxygen atoms in total. The van der Waals surface area contributed by atoms with Gasteiger partial charge in [0.15, 0.2) is 0 Å². The van der Waals surface area contributed by atoms with Gasteiger partial charge in [0, 0.05) is 11.4 Å². The van der Waals surface area contributed by atoms with Crippen molar-refractivity contribution in [2.45, 2.75) is 13.3 Å². The number of hydrogen-bond donors (Lipinski definition) is 2. The Kier molecular flexibility index (Phi) is 4.86. The molecule has 0 aromatic heterocycles. The van der Waals surface area contributed by atoms with Crippen molar-refractivity contribution >= 4 is 11.4 Å². The quantitative estimate of drug-likeness (QED) is 0.431. The van der Waals surface area contributed by atoms with Crippen molar-refractivity contribution in [3.8, 4) is 22.3 Å². The van der Waals surface area contributed by atoms with Crippen molar-refractivity contribution in [1.82, 2.24) is 0 Å². The van der Waals surface area contributed by atoms with Gasteiger partial charge in [-0.1, -0.05) is 78.4 Å². The Morgan fingerprint density at radius 2 is 0.893 bits per heavy atom. The fourth-order valence-corrected chi connectivity index (χ4v) is 3.50. The molecule has 0 fully saturated rings. The molecule has 4 rings (SSSR count). The van der Waals surface area contributed by atoms with E-state index in [0.717, 1.165) is 12.0 Å². The molecule has 0 heterocycles. The second-order valence-electron chi connectivity index (χ2n) is 7.33. The minimum absolute atomic E-state index is 0.709. The largest absolute Gasteiger partial charge is 0.399 e. The van der Waals surface area contributed by atoms with Crippen molar-refractivity contribution in [2.75, 3.05) is 11.5 Å². The summed E-state index contributed by atoms with van der Waals surface area (Å²) in [5, 5.41) is 0. The van der Waals surface area contributed by atoms with Crippen LogP contribution in [0.4, 0.5) is 11.4 Å². The fraction of sp³-hybridized carbons (Fsp3) is 0.0769. The standard InChI is InChI=1S/C26H24N2/c1-18-2-6-21(7-3-18)23-10-12-24(13-11-23)22-8-4-19(5-9-22)14-20-15-25(27)17-26(28)16-20/h2-13,15-17H,14,27-28H2,1H3. The topological polar surface area (TPSA) is 52.0 Å². The Hall–Kier alpha value is -3.52. The number of aryl methyl sites for hydroxylation is 1. The van der Waals surface area contributed by atoms with E-state index < -0.39 is 0 Å². The molecule has 0 atom stereocenters. The first-order chi connectivity index (χ1) is 13.6. The highest BCUT2D eigenvalue weighted by molar-refractivity contribution is 5.70. The van der Waals surface area contributed by atoms with Crippen molar-refractivity contribution in [1.29, 1.82) is 0 Å². The number of nitrogen functional groups attached to an aromatic ring is 2. The monoisotopic (exact) mass is 364 g/mol. The van der Waals surface area contributed by atoms with E-state index in [1.165, 1.54) is 33.4 Å². The van der Waals surface area contributed by atoms with Crippen LogP contribution in [0, 0.1) is 6.92 Å². The van der Waals surface area contributed by atoms with Crippen LogP contribution in [-0.4, -0.2) is 0 Å². The number of benzene rings is 4. The third-order valence-corrected chi connectivity index (χ3v) is 5.00. The van der Waals surface area contributed by atoms with Crippen LogP contribution in [0.5, 0.6) is 0 Å². The molecule has 138 valence electrons. The van der Waals surface area contributed by atoms with E-state index in [0.29, 0.717) is 11.4 Å². The molecule has 0 aliphatic carbocycles. The van der Waals surface area contributed by atoms with Crippen LogP contribution in [0.2, 0.25) is 0 Å². The average molecular weight is 364 g/mol. The lowest BCUT2D eigenvalue weighted by Crippen LogP contribution is -1.95. The maximum atomic E-state index is 5.89. The average Bonchev–Trinajstić information content (AvgIpc) is 2.69. The molecule has 0 saturated carbocycles. The third kappa shape index (κ3) is 4.07. The molecule has 0 bridgehead atoms. The zero-order chi connectivity index (χ0) is 19.5. The van der Waals surface area contributed by atoms with Crippen LogP contribution in [0.25, 0.3) is 22.3 Å². The Labute approximate surface area is 166 Å². The number of hydrogen-bond acceptors (Lipinski definition) is 2. The van der Waals surface area contributed by atoms with Gasteiger partial charge in [0.2, 0.25) is 0 Å². The number of anilines is 2. The minimum atomic E-state index is 0.709. The van der Waals surface area contributed by atoms with E-state index in [1.807, 2.05) is 12.1 Å². The maximum absolute atomic E-state index is 5.89. The summed E-state index contributed by atoms with van der Waals surface area (Å²) in [4.78, 5) is 0. The van der Waals surface area contributed by atoms with Gasteiger partial charge in [-0.3, -0.25) is 0 Å². The summed E-state index contributed by atoms with van der Waals surface area (Å²) in [5.74, 6) is 0. The van der Waals surface area contributed by atoms with Gasteiger partial charge in [0.25, 0.3) is 0 Å². The van der Waals surface area contributed by atoms with Gasteiger partial charge < -0.3 is 11.5 Å². The van der Waals surface area contributed by atoms with Gasteiger partial charge in [-0.05, 0) is 64.9 Å². The molecule has 0 spiro atoms. The minimum Gasteiger partial charge on any atom is -0.399 e. The van der Waals surface area contributed by atoms with Crippen LogP contribution >= 0.6 is 0 Å². The highest BCUT2D eigenvalue weighted by Gasteiger charge is 2.03. The molecule has 4 aromatic rings. The van der Waals surface area contributed by atoms with E-state index in [-0.39, 0.29) is 0 Å². The SMILES string of the molecule is Cc1ccc(-c2ccc(-c3ccc(Cc4cc(N)cc(N)c4)cc3)cc2)cc1. The Balaban J connectivity index is 1.51. The van der Waals surface area contributed by atoms with Gasteiger partial charge in [0.05, 0.1) is 0 Å². The molecule has 0 aliphatic rings. The Morgan fingerprint density at radius 1 is 0.500 bits per heavy atom. The van der Waals surface area contributed by atoms with Crippen molar-refractivity contribution in [3.63, 3.8) is 0 Å². The summed E-state index contributed by atoms with van der Waals surface area (Å²) in [7, 11) is 0. The summed E-state index contributed by atoms with van der Waals surface area (Å²) in [5.41, 5.74) is 21.8. The van der Waals surface area contributed by atoms with Gasteiger partial charge >= 0.3 is 0 Å². The summed E-state index contributed by atoms with van der Waals surface area (Å²) >= 11 is 0. The zero-order valence-corrected chi connectivity index (χ0v) is 16.0. The fourth-order valence-electron chi connectivity index (χ4n) is 3.50. The van der Waals surface area contributed by atoms with Crippen LogP contribution in [0.15, 0.2) is 91.0 Å². The van der Waals surface area contributed by atoms with E-state index in [4.69, 9.17) is 11.5 Å². The van der Waals surface area contributed by atoms with Crippen molar-refractivity contribution in [3.05, 3.63) is 108 Å². The van der Waals surface area contributed by atoms with Crippen LogP contribution < -0.4 is 11.5 Å². The first-order valence-corrected chi connectivity index (χ1v) is 9.48. The Bertz CT molecular complexity index is 1060. The number of rotatable bonds is 4. The maximum Gasteiger partial charge on any atom is 0.0337 e. The summed E-state index contributed by atoms with van der Waals surface area (Å²) in [6.45, 7) is 2.11. The van der Waals surface area contributed by atoms with Crippen molar-refractivity contribution < 1.29 is 0 Å². The van der Waals surface area contributed by atoms with E-state index in [1.54, 1.807) is 6.07 Å². The molecular formula is C26H24N2. The smallest absolute Gasteiger partial charge is 0.0337 e. The second-order valence-corrected chi connectivity index (χ2v) is 7.33. The molecule has 4 aromatic carbocycles. The molecular weight excluding hydrogens is 340 g/mol. The normalized spacial score (nSPS) is 10.8. The van der Waals surface area contributed by atoms with E-state index in [9.17, 15) is 0 Å². The highest BCUT2D eigenvalue weighted by Crippen LogP contribution is 2.26. The van der Waals surface area contributed by atoms with Crippen LogP contribution in [0.3, 0.4) is 0 Å². The second kappa shape index (κ2) is 7.61. The van der Waals surface area contributed by atoms with Crippen LogP contribution in [0.1, 0.15) is 16.7 Å². The lowest BCUT2D eigenvalue weighted by Gasteiger charge is -2.08. The molecule has 0 unspecified atom stereocenters. The van der Waals surface area contributed by atoms with E-state index >= 15 is 0 Å². The predicted molar refractivity (Wildman–Crippen MR) is 120 cm³/mol. The molecule has 4 N–H and O–H groups in total. The van der Waals surface area contributed by atoms with Crippen LogP contribution in [-0.2, 0) is 6.42 Å². The molecule has 0 aliphatic heterocycles. The van der Waals surface area contributed by atoms with Crippen molar-refractivity contribution in [2.24, 2.45) is 0 Å². The lowest BCUT2D eigenvalue weighted by atomic mass is 9.97. The first-order valence-electron chi connectivity index (χ1n) is 9.48. The van der Waals surface area contributed by atoms with Gasteiger partial charge in [-0.15, -0.1) is 0 Å². The molecule has 0 amide bonds. The van der Waals surface area contributed by atoms with Gasteiger partial charge in [0.1, 0.15) is 0 Å². The summed E-state index contributed by atoms with van der Waals surface area (Å²) in [6, 6.07) is 31.8. The van der Waals surface area contributed by atoms with Gasteiger partial charge in [-0.2, -0.15) is 0 Å².